The van der Waals surface area contributed by atoms with E-state index in [1.54, 1.807) is 7.11 Å². The largest absolute Gasteiger partial charge is 0.365 e. The molecule has 0 spiro atoms. The van der Waals surface area contributed by atoms with Crippen LogP contribution in [0.4, 0.5) is 5.82 Å². The van der Waals surface area contributed by atoms with E-state index in [1.165, 1.54) is 6.20 Å². The van der Waals surface area contributed by atoms with Crippen LogP contribution in [0.5, 0.6) is 0 Å². The predicted octanol–water partition coefficient (Wildman–Crippen LogP) is 2.64. The second-order valence-corrected chi connectivity index (χ2v) is 8.95. The molecule has 2 aliphatic heterocycles. The van der Waals surface area contributed by atoms with Gasteiger partial charge in [-0.05, 0) is 55.3 Å². The Morgan fingerprint density at radius 2 is 2.20 bits per heavy atom. The highest BCUT2D eigenvalue weighted by molar-refractivity contribution is 6.18. The number of amides is 2. The molecule has 3 aromatic rings. The molecule has 2 aliphatic rings. The molecule has 4 heterocycles. The van der Waals surface area contributed by atoms with Crippen LogP contribution in [-0.4, -0.2) is 54.8 Å². The number of hydrogen-bond donors (Lipinski definition) is 4. The number of aromatic nitrogens is 2. The Hall–Kier alpha value is -3.85. The number of carbonyl (C=O) groups is 2. The third kappa shape index (κ3) is 4.23. The number of primary amides is 1. The number of aromatic amines is 1. The lowest BCUT2D eigenvalue weighted by molar-refractivity contribution is -0.125. The quantitative estimate of drug-likeness (QED) is 0.435. The van der Waals surface area contributed by atoms with Crippen LogP contribution in [0.1, 0.15) is 35.7 Å². The van der Waals surface area contributed by atoms with E-state index in [9.17, 15) is 9.59 Å². The van der Waals surface area contributed by atoms with Crippen molar-refractivity contribution in [3.63, 3.8) is 0 Å². The molecule has 9 nitrogen and oxygen atoms in total. The number of H-pyrrole nitrogens is 1. The van der Waals surface area contributed by atoms with Crippen LogP contribution < -0.4 is 21.3 Å². The van der Waals surface area contributed by atoms with Crippen LogP contribution in [0.3, 0.4) is 0 Å². The van der Waals surface area contributed by atoms with E-state index >= 15 is 0 Å². The number of nitrogens with one attached hydrogen (secondary N) is 3. The topological polar surface area (TPSA) is 125 Å². The summed E-state index contributed by atoms with van der Waals surface area (Å²) in [7, 11) is 1.66. The number of fused-ring (bicyclic) bond motifs is 3. The normalized spacial score (nSPS) is 20.1. The van der Waals surface area contributed by atoms with Gasteiger partial charge in [-0.15, -0.1) is 0 Å². The van der Waals surface area contributed by atoms with Crippen molar-refractivity contribution in [2.75, 3.05) is 31.6 Å². The number of nitrogens with two attached hydrogens (primary N) is 1. The first-order chi connectivity index (χ1) is 17.0. The molecule has 0 bridgehead atoms. The van der Waals surface area contributed by atoms with Gasteiger partial charge in [0.2, 0.25) is 5.91 Å². The van der Waals surface area contributed by atoms with Crippen LogP contribution in [0.25, 0.3) is 27.4 Å². The molecule has 182 valence electrons. The minimum atomic E-state index is -0.536. The number of rotatable bonds is 6. The second-order valence-electron chi connectivity index (χ2n) is 8.95. The predicted molar refractivity (Wildman–Crippen MR) is 137 cm³/mol. The lowest BCUT2D eigenvalue weighted by atomic mass is 9.96. The van der Waals surface area contributed by atoms with Gasteiger partial charge >= 0.3 is 0 Å². The Labute approximate surface area is 203 Å². The fraction of sp³-hybridized carbons (Fsp3) is 0.346. The van der Waals surface area contributed by atoms with Crippen LogP contribution in [0.2, 0.25) is 0 Å². The molecule has 5 N–H and O–H groups in total. The van der Waals surface area contributed by atoms with Gasteiger partial charge < -0.3 is 31.0 Å². The van der Waals surface area contributed by atoms with E-state index < -0.39 is 5.91 Å². The number of carbonyl (C=O) groups excluding carboxylic acids is 2. The summed E-state index contributed by atoms with van der Waals surface area (Å²) >= 11 is 0. The molecule has 1 saturated heterocycles. The summed E-state index contributed by atoms with van der Waals surface area (Å²) in [5, 5.41) is 7.88. The van der Waals surface area contributed by atoms with Crippen molar-refractivity contribution >= 4 is 45.0 Å². The van der Waals surface area contributed by atoms with Crippen LogP contribution >= 0.6 is 0 Å². The number of ether oxygens (including phenoxy) is 1. The minimum absolute atomic E-state index is 0.0726. The minimum Gasteiger partial charge on any atom is -0.365 e. The zero-order valence-corrected chi connectivity index (χ0v) is 19.9. The molecule has 5 rings (SSSR count). The first-order valence-electron chi connectivity index (χ1n) is 11.9. The van der Waals surface area contributed by atoms with Crippen LogP contribution in [0.15, 0.2) is 42.7 Å². The molecular weight excluding hydrogens is 444 g/mol. The van der Waals surface area contributed by atoms with Crippen LogP contribution in [0, 0.1) is 5.92 Å². The Kier molecular flexibility index (Phi) is 6.17. The fourth-order valence-corrected chi connectivity index (χ4v) is 5.02. The number of dihydropyridines is 1. The van der Waals surface area contributed by atoms with Crippen LogP contribution in [-0.2, 0) is 9.53 Å². The van der Waals surface area contributed by atoms with Gasteiger partial charge in [-0.3, -0.25) is 9.59 Å². The number of methoxy groups -OCH3 is 1. The molecule has 1 unspecified atom stereocenters. The molecule has 1 fully saturated rings. The summed E-state index contributed by atoms with van der Waals surface area (Å²) in [6, 6.07) is 6.16. The molecule has 2 atom stereocenters. The summed E-state index contributed by atoms with van der Waals surface area (Å²) in [4.78, 5) is 35.0. The monoisotopic (exact) mass is 474 g/mol. The van der Waals surface area contributed by atoms with Gasteiger partial charge in [0, 0.05) is 43.8 Å². The Balaban J connectivity index is 1.61. The molecule has 9 heteroatoms. The molecule has 1 aromatic carbocycles. The van der Waals surface area contributed by atoms with Gasteiger partial charge in [0.15, 0.2) is 0 Å². The Bertz CT molecular complexity index is 1360. The lowest BCUT2D eigenvalue weighted by Crippen LogP contribution is -2.43. The van der Waals surface area contributed by atoms with Crippen molar-refractivity contribution in [1.82, 2.24) is 20.6 Å². The first kappa shape index (κ1) is 22.9. The fourth-order valence-electron chi connectivity index (χ4n) is 5.02. The zero-order valence-electron chi connectivity index (χ0n) is 19.9. The molecular formula is C26H30N6O3. The number of hydrogen-bond acceptors (Lipinski definition) is 6. The van der Waals surface area contributed by atoms with Gasteiger partial charge in [-0.2, -0.15) is 0 Å². The maximum absolute atomic E-state index is 12.5. The van der Waals surface area contributed by atoms with E-state index in [2.05, 4.69) is 37.6 Å². The van der Waals surface area contributed by atoms with E-state index in [0.29, 0.717) is 24.2 Å². The van der Waals surface area contributed by atoms with E-state index in [4.69, 9.17) is 10.5 Å². The van der Waals surface area contributed by atoms with Crippen molar-refractivity contribution < 1.29 is 14.3 Å². The number of nitrogens with zero attached hydrogens (tertiary/aromatic N) is 2. The van der Waals surface area contributed by atoms with Gasteiger partial charge in [0.1, 0.15) is 12.0 Å². The number of anilines is 1. The molecule has 0 saturated carbocycles. The number of pyridine rings is 1. The van der Waals surface area contributed by atoms with Gasteiger partial charge in [-0.1, -0.05) is 12.1 Å². The average Bonchev–Trinajstić information content (AvgIpc) is 3.27. The highest BCUT2D eigenvalue weighted by Crippen LogP contribution is 2.37. The average molecular weight is 475 g/mol. The zero-order chi connectivity index (χ0) is 24.5. The smallest absolute Gasteiger partial charge is 0.252 e. The van der Waals surface area contributed by atoms with Crippen molar-refractivity contribution in [2.24, 2.45) is 11.7 Å². The van der Waals surface area contributed by atoms with E-state index in [0.717, 1.165) is 52.6 Å². The summed E-state index contributed by atoms with van der Waals surface area (Å²) in [6.45, 7) is 3.92. The number of allylic oxidation sites excluding steroid dienone is 2. The second kappa shape index (κ2) is 9.42. The third-order valence-electron chi connectivity index (χ3n) is 6.76. The lowest BCUT2D eigenvalue weighted by Gasteiger charge is -2.33. The van der Waals surface area contributed by atoms with E-state index in [1.807, 2.05) is 31.3 Å². The standard InChI is InChI=1S/C26H30N6O3/c1-3-28-26(34)17-5-4-10-32(14-17)25-22-18-7-6-15(16-8-9-29-21(12-16)35-2)11-20(18)31-23(22)19(13-30-25)24(27)33/h6-9,11-13,17,21,29,31H,3-5,10,14H2,1-2H3,(H2,27,33)(H,28,34)/t17-,21?/m0/s1. The summed E-state index contributed by atoms with van der Waals surface area (Å²) in [6.07, 6.45) is 8.97. The van der Waals surface area contributed by atoms with E-state index in [-0.39, 0.29) is 18.1 Å². The summed E-state index contributed by atoms with van der Waals surface area (Å²) in [5.74, 6) is 0.203. The third-order valence-corrected chi connectivity index (χ3v) is 6.76. The molecule has 2 amide bonds. The number of piperidine rings is 1. The molecule has 35 heavy (non-hydrogen) atoms. The van der Waals surface area contributed by atoms with Crippen molar-refractivity contribution in [2.45, 2.75) is 26.0 Å². The SMILES string of the molecule is CCNC(=O)[C@H]1CCCN(c2ncc(C(N)=O)c3[nH]c4cc(C5=CC(OC)NC=C5)ccc4c23)C1. The Morgan fingerprint density at radius 1 is 1.34 bits per heavy atom. The van der Waals surface area contributed by atoms with Crippen molar-refractivity contribution in [3.05, 3.63) is 53.9 Å². The maximum atomic E-state index is 12.5. The molecule has 2 aromatic heterocycles. The Morgan fingerprint density at radius 3 is 2.97 bits per heavy atom. The van der Waals surface area contributed by atoms with Crippen molar-refractivity contribution in [3.8, 4) is 0 Å². The highest BCUT2D eigenvalue weighted by atomic mass is 16.5. The summed E-state index contributed by atoms with van der Waals surface area (Å²) < 4.78 is 5.40. The molecule has 0 aliphatic carbocycles. The van der Waals surface area contributed by atoms with Gasteiger partial charge in [-0.25, -0.2) is 4.98 Å². The van der Waals surface area contributed by atoms with Crippen molar-refractivity contribution in [1.29, 1.82) is 0 Å². The summed E-state index contributed by atoms with van der Waals surface area (Å²) in [5.41, 5.74) is 9.65. The first-order valence-corrected chi connectivity index (χ1v) is 11.9. The highest BCUT2D eigenvalue weighted by Gasteiger charge is 2.28. The maximum Gasteiger partial charge on any atom is 0.252 e. The van der Waals surface area contributed by atoms with Gasteiger partial charge in [0.05, 0.1) is 22.4 Å². The number of benzene rings is 1. The van der Waals surface area contributed by atoms with Gasteiger partial charge in [0.25, 0.3) is 5.91 Å². The molecule has 0 radical (unpaired) electrons.